The van der Waals surface area contributed by atoms with Crippen molar-refractivity contribution in [2.75, 3.05) is 11.9 Å². The third-order valence-electron chi connectivity index (χ3n) is 2.85. The van der Waals surface area contributed by atoms with Crippen LogP contribution < -0.4 is 10.6 Å². The van der Waals surface area contributed by atoms with Crippen LogP contribution >= 0.6 is 0 Å². The molecule has 0 aliphatic carbocycles. The molecule has 0 saturated carbocycles. The molecule has 5 heteroatoms. The Morgan fingerprint density at radius 2 is 2.17 bits per heavy atom. The number of carbonyl (C=O) groups is 1. The van der Waals surface area contributed by atoms with Gasteiger partial charge in [-0.15, -0.1) is 0 Å². The number of hydrogen-bond acceptors (Lipinski definition) is 3. The van der Waals surface area contributed by atoms with Gasteiger partial charge >= 0.3 is 6.09 Å². The second-order valence-electron chi connectivity index (χ2n) is 5.39. The fourth-order valence-electron chi connectivity index (χ4n) is 1.61. The molecular formula is C13H21N3O2. The van der Waals surface area contributed by atoms with Gasteiger partial charge in [0.25, 0.3) is 0 Å². The summed E-state index contributed by atoms with van der Waals surface area (Å²) >= 11 is 0. The predicted octanol–water partition coefficient (Wildman–Crippen LogP) is 2.48. The molecule has 1 unspecified atom stereocenters. The van der Waals surface area contributed by atoms with Crippen molar-refractivity contribution < 1.29 is 9.90 Å². The number of hydrogen-bond donors (Lipinski definition) is 3. The van der Waals surface area contributed by atoms with E-state index in [0.717, 1.165) is 11.4 Å². The Morgan fingerprint density at radius 3 is 2.67 bits per heavy atom. The van der Waals surface area contributed by atoms with E-state index in [2.05, 4.69) is 15.6 Å². The van der Waals surface area contributed by atoms with E-state index >= 15 is 0 Å². The monoisotopic (exact) mass is 251 g/mol. The van der Waals surface area contributed by atoms with Crippen LogP contribution in [0.15, 0.2) is 18.3 Å². The predicted molar refractivity (Wildman–Crippen MR) is 71.9 cm³/mol. The van der Waals surface area contributed by atoms with Gasteiger partial charge in [-0.25, -0.2) is 4.79 Å². The van der Waals surface area contributed by atoms with Crippen molar-refractivity contribution in [2.45, 2.75) is 33.7 Å². The van der Waals surface area contributed by atoms with E-state index in [0.29, 0.717) is 6.54 Å². The standard InChI is InChI=1S/C13H21N3O2/c1-9-10(6-5-7-14-9)15-8-11(13(2,3)4)16-12(17)18/h5-7,11,15-16H,8H2,1-4H3,(H,17,18). The minimum atomic E-state index is -1.00. The number of pyridine rings is 1. The zero-order chi connectivity index (χ0) is 13.8. The van der Waals surface area contributed by atoms with Crippen LogP contribution in [0, 0.1) is 12.3 Å². The first-order valence-corrected chi connectivity index (χ1v) is 5.95. The molecule has 100 valence electrons. The Bertz CT molecular complexity index is 413. The molecule has 0 aromatic carbocycles. The van der Waals surface area contributed by atoms with E-state index in [1.807, 2.05) is 39.8 Å². The topological polar surface area (TPSA) is 74.2 Å². The summed E-state index contributed by atoms with van der Waals surface area (Å²) in [5.41, 5.74) is 1.68. The first-order chi connectivity index (χ1) is 8.30. The first kappa shape index (κ1) is 14.3. The molecule has 0 fully saturated rings. The molecule has 1 amide bonds. The van der Waals surface area contributed by atoms with Crippen molar-refractivity contribution in [3.05, 3.63) is 24.0 Å². The van der Waals surface area contributed by atoms with Gasteiger partial charge < -0.3 is 15.7 Å². The number of nitrogens with zero attached hydrogens (tertiary/aromatic N) is 1. The molecule has 18 heavy (non-hydrogen) atoms. The van der Waals surface area contributed by atoms with Crippen LogP contribution in [-0.2, 0) is 0 Å². The third-order valence-corrected chi connectivity index (χ3v) is 2.85. The lowest BCUT2D eigenvalue weighted by Gasteiger charge is -2.31. The summed E-state index contributed by atoms with van der Waals surface area (Å²) in [7, 11) is 0. The van der Waals surface area contributed by atoms with Crippen molar-refractivity contribution >= 4 is 11.8 Å². The number of nitrogens with one attached hydrogen (secondary N) is 2. The van der Waals surface area contributed by atoms with Crippen LogP contribution in [0.4, 0.5) is 10.5 Å². The highest BCUT2D eigenvalue weighted by atomic mass is 16.4. The highest BCUT2D eigenvalue weighted by molar-refractivity contribution is 5.65. The van der Waals surface area contributed by atoms with Gasteiger partial charge in [0.05, 0.1) is 17.4 Å². The first-order valence-electron chi connectivity index (χ1n) is 5.95. The summed E-state index contributed by atoms with van der Waals surface area (Å²) < 4.78 is 0. The number of aromatic nitrogens is 1. The molecule has 0 saturated heterocycles. The minimum Gasteiger partial charge on any atom is -0.465 e. The summed E-state index contributed by atoms with van der Waals surface area (Å²) in [4.78, 5) is 15.0. The lowest BCUT2D eigenvalue weighted by atomic mass is 9.86. The van der Waals surface area contributed by atoms with Gasteiger partial charge in [-0.1, -0.05) is 20.8 Å². The maximum absolute atomic E-state index is 10.8. The summed E-state index contributed by atoms with van der Waals surface area (Å²) in [6, 6.07) is 3.61. The van der Waals surface area contributed by atoms with Gasteiger partial charge in [0, 0.05) is 12.7 Å². The van der Waals surface area contributed by atoms with E-state index in [-0.39, 0.29) is 11.5 Å². The van der Waals surface area contributed by atoms with Crippen LogP contribution in [0.25, 0.3) is 0 Å². The van der Waals surface area contributed by atoms with Gasteiger partial charge in [-0.2, -0.15) is 0 Å². The molecule has 0 radical (unpaired) electrons. The molecule has 5 nitrogen and oxygen atoms in total. The van der Waals surface area contributed by atoms with E-state index in [4.69, 9.17) is 5.11 Å². The SMILES string of the molecule is Cc1ncccc1NCC(NC(=O)O)C(C)(C)C. The largest absolute Gasteiger partial charge is 0.465 e. The van der Waals surface area contributed by atoms with E-state index < -0.39 is 6.09 Å². The Balaban J connectivity index is 2.68. The van der Waals surface area contributed by atoms with Crippen LogP contribution in [0.3, 0.4) is 0 Å². The average molecular weight is 251 g/mol. The smallest absolute Gasteiger partial charge is 0.404 e. The normalized spacial score (nSPS) is 12.9. The Kier molecular flexibility index (Phi) is 4.53. The van der Waals surface area contributed by atoms with Gasteiger partial charge in [-0.3, -0.25) is 4.98 Å². The Hall–Kier alpha value is -1.78. The van der Waals surface area contributed by atoms with Crippen LogP contribution in [0.2, 0.25) is 0 Å². The van der Waals surface area contributed by atoms with Crippen LogP contribution in [0.1, 0.15) is 26.5 Å². The van der Waals surface area contributed by atoms with Crippen LogP contribution in [-0.4, -0.2) is 28.8 Å². The highest BCUT2D eigenvalue weighted by Gasteiger charge is 2.26. The summed E-state index contributed by atoms with van der Waals surface area (Å²) in [6.07, 6.45) is 0.733. The van der Waals surface area contributed by atoms with Crippen molar-refractivity contribution in [1.82, 2.24) is 10.3 Å². The lowest BCUT2D eigenvalue weighted by molar-refractivity contribution is 0.177. The Labute approximate surface area is 108 Å². The average Bonchev–Trinajstić information content (AvgIpc) is 2.24. The molecule has 1 aromatic rings. The molecule has 3 N–H and O–H groups in total. The second-order valence-corrected chi connectivity index (χ2v) is 5.39. The van der Waals surface area contributed by atoms with Crippen molar-refractivity contribution in [3.63, 3.8) is 0 Å². The van der Waals surface area contributed by atoms with Gasteiger partial charge in [0.15, 0.2) is 0 Å². The summed E-state index contributed by atoms with van der Waals surface area (Å²) in [5, 5.41) is 14.6. The molecule has 1 rings (SSSR count). The molecule has 1 atom stereocenters. The Morgan fingerprint density at radius 1 is 1.50 bits per heavy atom. The summed E-state index contributed by atoms with van der Waals surface area (Å²) in [5.74, 6) is 0. The maximum Gasteiger partial charge on any atom is 0.404 e. The second kappa shape index (κ2) is 5.71. The van der Waals surface area contributed by atoms with Gasteiger partial charge in [0.2, 0.25) is 0 Å². The van der Waals surface area contributed by atoms with Gasteiger partial charge in [-0.05, 0) is 24.5 Å². The number of aryl methyl sites for hydroxylation is 1. The number of anilines is 1. The van der Waals surface area contributed by atoms with Crippen LogP contribution in [0.5, 0.6) is 0 Å². The molecule has 0 aliphatic rings. The van der Waals surface area contributed by atoms with E-state index in [1.54, 1.807) is 6.20 Å². The third kappa shape index (κ3) is 4.24. The van der Waals surface area contributed by atoms with E-state index in [1.165, 1.54) is 0 Å². The fourth-order valence-corrected chi connectivity index (χ4v) is 1.61. The lowest BCUT2D eigenvalue weighted by Crippen LogP contribution is -2.47. The molecule has 0 spiro atoms. The molecule has 0 bridgehead atoms. The van der Waals surface area contributed by atoms with Gasteiger partial charge in [0.1, 0.15) is 0 Å². The summed E-state index contributed by atoms with van der Waals surface area (Å²) in [6.45, 7) is 8.46. The maximum atomic E-state index is 10.8. The zero-order valence-electron chi connectivity index (χ0n) is 11.3. The molecule has 1 heterocycles. The number of carboxylic acid groups (broad SMARTS) is 1. The zero-order valence-corrected chi connectivity index (χ0v) is 11.3. The number of amides is 1. The minimum absolute atomic E-state index is 0.151. The van der Waals surface area contributed by atoms with Crippen molar-refractivity contribution in [1.29, 1.82) is 0 Å². The quantitative estimate of drug-likeness (QED) is 0.768. The van der Waals surface area contributed by atoms with Crippen molar-refractivity contribution in [2.24, 2.45) is 5.41 Å². The fraction of sp³-hybridized carbons (Fsp3) is 0.538. The van der Waals surface area contributed by atoms with Crippen molar-refractivity contribution in [3.8, 4) is 0 Å². The highest BCUT2D eigenvalue weighted by Crippen LogP contribution is 2.20. The molecular weight excluding hydrogens is 230 g/mol. The number of rotatable bonds is 4. The van der Waals surface area contributed by atoms with E-state index in [9.17, 15) is 4.79 Å². The molecule has 0 aliphatic heterocycles. The molecule has 1 aromatic heterocycles.